The Labute approximate surface area is 199 Å². The Bertz CT molecular complexity index is 1140. The van der Waals surface area contributed by atoms with E-state index in [2.05, 4.69) is 0 Å². The van der Waals surface area contributed by atoms with Crippen LogP contribution in [0.4, 0.5) is 0 Å². The van der Waals surface area contributed by atoms with Gasteiger partial charge in [0.25, 0.3) is 0 Å². The van der Waals surface area contributed by atoms with Gasteiger partial charge in [0, 0.05) is 12.0 Å². The fourth-order valence-electron chi connectivity index (χ4n) is 4.59. The lowest BCUT2D eigenvalue weighted by molar-refractivity contribution is -0.833. The lowest BCUT2D eigenvalue weighted by Gasteiger charge is -2.47. The Balaban J connectivity index is 1.65. The molecular formula is C28H28NO5+. The molecule has 1 unspecified atom stereocenters. The molecule has 0 spiro atoms. The predicted octanol–water partition coefficient (Wildman–Crippen LogP) is 4.67. The Morgan fingerprint density at radius 1 is 0.824 bits per heavy atom. The van der Waals surface area contributed by atoms with Crippen molar-refractivity contribution in [3.63, 3.8) is 0 Å². The third-order valence-electron chi connectivity index (χ3n) is 6.40. The first-order chi connectivity index (χ1) is 16.5. The molecule has 4 rings (SSSR count). The Kier molecular flexibility index (Phi) is 6.89. The molecule has 3 aromatic rings. The number of methoxy groups -OCH3 is 1. The molecule has 1 aliphatic heterocycles. The Morgan fingerprint density at radius 2 is 1.38 bits per heavy atom. The van der Waals surface area contributed by atoms with Crippen molar-refractivity contribution in [2.75, 3.05) is 7.11 Å². The van der Waals surface area contributed by atoms with Crippen molar-refractivity contribution in [1.82, 2.24) is 0 Å². The maximum atomic E-state index is 13.4. The summed E-state index contributed by atoms with van der Waals surface area (Å²) in [6.07, 6.45) is 0.650. The molecule has 0 aliphatic carbocycles. The second-order valence-electron chi connectivity index (χ2n) is 8.45. The van der Waals surface area contributed by atoms with Crippen molar-refractivity contribution in [3.05, 3.63) is 96.1 Å². The largest absolute Gasteiger partial charge is 0.465 e. The average molecular weight is 459 g/mol. The molecule has 174 valence electrons. The number of carbonyl (C=O) groups is 3. The van der Waals surface area contributed by atoms with Crippen LogP contribution in [0.2, 0.25) is 0 Å². The van der Waals surface area contributed by atoms with E-state index < -0.39 is 22.4 Å². The molecule has 34 heavy (non-hydrogen) atoms. The van der Waals surface area contributed by atoms with Gasteiger partial charge in [-0.1, -0.05) is 55.5 Å². The van der Waals surface area contributed by atoms with Gasteiger partial charge in [-0.3, -0.25) is 0 Å². The summed E-state index contributed by atoms with van der Waals surface area (Å²) >= 11 is 0. The highest BCUT2D eigenvalue weighted by molar-refractivity contribution is 6.09. The molecule has 0 N–H and O–H groups in total. The fourth-order valence-corrected chi connectivity index (χ4v) is 4.59. The van der Waals surface area contributed by atoms with Gasteiger partial charge < -0.3 is 9.47 Å². The summed E-state index contributed by atoms with van der Waals surface area (Å²) in [6.45, 7) is 1.90. The van der Waals surface area contributed by atoms with Crippen molar-refractivity contribution in [1.29, 1.82) is 0 Å². The number of likely N-dealkylation sites (tertiary alicyclic amines) is 1. The van der Waals surface area contributed by atoms with Gasteiger partial charge in [0.05, 0.1) is 7.11 Å². The summed E-state index contributed by atoms with van der Waals surface area (Å²) < 4.78 is 10.4. The van der Waals surface area contributed by atoms with Gasteiger partial charge in [-0.05, 0) is 48.4 Å². The highest BCUT2D eigenvalue weighted by Crippen LogP contribution is 2.39. The molecule has 6 nitrogen and oxygen atoms in total. The van der Waals surface area contributed by atoms with Crippen molar-refractivity contribution in [3.8, 4) is 11.5 Å². The van der Waals surface area contributed by atoms with Gasteiger partial charge in [-0.15, -0.1) is 0 Å². The molecule has 0 bridgehead atoms. The second kappa shape index (κ2) is 10.0. The first-order valence-corrected chi connectivity index (χ1v) is 11.4. The number of para-hydroxylation sites is 1. The zero-order valence-corrected chi connectivity index (χ0v) is 19.3. The molecule has 1 atom stereocenters. The van der Waals surface area contributed by atoms with Gasteiger partial charge in [-0.25, -0.2) is 14.4 Å². The Hall–Kier alpha value is -3.77. The minimum Gasteiger partial charge on any atom is -0.465 e. The molecule has 1 fully saturated rings. The van der Waals surface area contributed by atoms with Crippen molar-refractivity contribution < 1.29 is 28.3 Å². The van der Waals surface area contributed by atoms with Crippen LogP contribution in [0.5, 0.6) is 11.5 Å². The number of β-lactam (4-membered cyclic amide) rings is 2. The highest BCUT2D eigenvalue weighted by Gasteiger charge is 2.68. The summed E-state index contributed by atoms with van der Waals surface area (Å²) in [4.78, 5) is 39.7. The zero-order valence-electron chi connectivity index (χ0n) is 19.3. The number of imide groups is 1. The fraction of sp³-hybridized carbons (Fsp3) is 0.250. The minimum absolute atomic E-state index is 0.0897. The van der Waals surface area contributed by atoms with E-state index in [1.165, 1.54) is 7.11 Å². The Morgan fingerprint density at radius 3 is 1.94 bits per heavy atom. The molecular weight excluding hydrogens is 430 g/mol. The summed E-state index contributed by atoms with van der Waals surface area (Å²) in [7, 11) is 1.29. The van der Waals surface area contributed by atoms with E-state index in [-0.39, 0.29) is 24.8 Å². The number of hydrogen-bond donors (Lipinski definition) is 0. The number of amides is 2. The lowest BCUT2D eigenvalue weighted by atomic mass is 9.84. The number of nitrogens with zero attached hydrogens (tertiary/aromatic N) is 1. The van der Waals surface area contributed by atoms with Crippen LogP contribution in [0.25, 0.3) is 0 Å². The molecule has 1 saturated heterocycles. The van der Waals surface area contributed by atoms with Crippen LogP contribution < -0.4 is 4.74 Å². The molecule has 1 heterocycles. The third-order valence-corrected chi connectivity index (χ3v) is 6.40. The van der Waals surface area contributed by atoms with Crippen molar-refractivity contribution in [2.45, 2.75) is 32.4 Å². The molecule has 1 aliphatic rings. The standard InChI is InChI=1S/C28H28NO5/c1-3-24-26(30)29(27(24)31,25(28(32)33-2)18-20-10-6-4-7-11-20)19-21-14-16-23(17-15-21)34-22-12-8-5-9-13-22/h4-17,24-25H,3,18-19H2,1-2H3/q+1. The average Bonchev–Trinajstić information content (AvgIpc) is 2.88. The first kappa shape index (κ1) is 23.4. The SMILES string of the molecule is CCC1C(=O)[N+](Cc2ccc(Oc3ccccc3)cc2)(C(Cc2ccccc2)C(=O)OC)C1=O. The van der Waals surface area contributed by atoms with Gasteiger partial charge in [-0.2, -0.15) is 4.48 Å². The quantitative estimate of drug-likeness (QED) is 0.202. The van der Waals surface area contributed by atoms with Gasteiger partial charge in [0.1, 0.15) is 18.0 Å². The van der Waals surface area contributed by atoms with Crippen LogP contribution in [-0.4, -0.2) is 35.4 Å². The number of hydrogen-bond acceptors (Lipinski definition) is 5. The maximum absolute atomic E-state index is 13.4. The minimum atomic E-state index is -0.949. The van der Waals surface area contributed by atoms with E-state index in [9.17, 15) is 14.4 Å². The monoisotopic (exact) mass is 458 g/mol. The number of benzene rings is 3. The van der Waals surface area contributed by atoms with Crippen molar-refractivity contribution >= 4 is 17.8 Å². The van der Waals surface area contributed by atoms with Gasteiger partial charge in [0.15, 0.2) is 5.92 Å². The van der Waals surface area contributed by atoms with Gasteiger partial charge in [0.2, 0.25) is 6.04 Å². The highest BCUT2D eigenvalue weighted by atomic mass is 16.5. The molecule has 3 aromatic carbocycles. The molecule has 2 amide bonds. The van der Waals surface area contributed by atoms with E-state index in [1.54, 1.807) is 12.1 Å². The second-order valence-corrected chi connectivity index (χ2v) is 8.45. The van der Waals surface area contributed by atoms with E-state index >= 15 is 0 Å². The summed E-state index contributed by atoms with van der Waals surface area (Å²) in [5.41, 5.74) is 1.63. The van der Waals surface area contributed by atoms with Crippen LogP contribution in [-0.2, 0) is 32.1 Å². The van der Waals surface area contributed by atoms with E-state index in [4.69, 9.17) is 9.47 Å². The first-order valence-electron chi connectivity index (χ1n) is 11.4. The van der Waals surface area contributed by atoms with Crippen LogP contribution in [0, 0.1) is 5.92 Å². The van der Waals surface area contributed by atoms with Crippen LogP contribution in [0.1, 0.15) is 24.5 Å². The predicted molar refractivity (Wildman–Crippen MR) is 127 cm³/mol. The number of quaternary nitrogens is 1. The molecule has 6 heteroatoms. The van der Waals surface area contributed by atoms with E-state index in [1.807, 2.05) is 79.7 Å². The summed E-state index contributed by atoms with van der Waals surface area (Å²) in [5.74, 6) is -0.367. The zero-order chi connectivity index (χ0) is 24.1. The third kappa shape index (κ3) is 4.37. The maximum Gasteiger partial charge on any atom is 0.366 e. The van der Waals surface area contributed by atoms with Crippen LogP contribution in [0.3, 0.4) is 0 Å². The summed E-state index contributed by atoms with van der Waals surface area (Å²) in [5, 5.41) is 0. The number of esters is 1. The molecule has 0 radical (unpaired) electrons. The molecule has 0 saturated carbocycles. The smallest absolute Gasteiger partial charge is 0.366 e. The topological polar surface area (TPSA) is 69.7 Å². The van der Waals surface area contributed by atoms with E-state index in [0.29, 0.717) is 17.9 Å². The molecule has 0 aromatic heterocycles. The number of rotatable bonds is 9. The van der Waals surface area contributed by atoms with Crippen LogP contribution in [0.15, 0.2) is 84.9 Å². The van der Waals surface area contributed by atoms with Crippen LogP contribution >= 0.6 is 0 Å². The van der Waals surface area contributed by atoms with E-state index in [0.717, 1.165) is 11.1 Å². The normalized spacial score (nSPS) is 20.4. The van der Waals surface area contributed by atoms with Gasteiger partial charge >= 0.3 is 17.8 Å². The summed E-state index contributed by atoms with van der Waals surface area (Å²) in [6, 6.07) is 25.1. The van der Waals surface area contributed by atoms with Crippen molar-refractivity contribution in [2.24, 2.45) is 5.92 Å². The lowest BCUT2D eigenvalue weighted by Crippen LogP contribution is -2.77. The number of ether oxygens (including phenoxy) is 2. The number of carbonyl (C=O) groups excluding carboxylic acids is 3.